The molecule has 0 radical (unpaired) electrons. The van der Waals surface area contributed by atoms with Crippen LogP contribution in [0.3, 0.4) is 0 Å². The maximum atomic E-state index is 10.1. The molecule has 2 aliphatic rings. The highest BCUT2D eigenvalue weighted by molar-refractivity contribution is 5.01. The quantitative estimate of drug-likeness (QED) is 0.767. The summed E-state index contributed by atoms with van der Waals surface area (Å²) in [4.78, 5) is 4.94. The molecular weight excluding hydrogens is 216 g/mol. The van der Waals surface area contributed by atoms with Crippen LogP contribution in [0.4, 0.5) is 0 Å². The van der Waals surface area contributed by atoms with E-state index in [2.05, 4.69) is 37.5 Å². The fourth-order valence-electron chi connectivity index (χ4n) is 3.14. The highest BCUT2D eigenvalue weighted by atomic mass is 16.5. The first-order valence-corrected chi connectivity index (χ1v) is 6.72. The molecule has 4 heteroatoms. The van der Waals surface area contributed by atoms with Crippen LogP contribution in [0.5, 0.6) is 0 Å². The SMILES string of the molecule is CC(C)N1CCN([C@]2(C)COC[C@@H]2O)[C@H](C)C1. The van der Waals surface area contributed by atoms with Gasteiger partial charge in [0, 0.05) is 31.7 Å². The summed E-state index contributed by atoms with van der Waals surface area (Å²) in [6.45, 7) is 13.2. The van der Waals surface area contributed by atoms with Gasteiger partial charge in [0.15, 0.2) is 0 Å². The molecule has 2 saturated heterocycles. The molecular formula is C13H26N2O2. The normalized spacial score (nSPS) is 41.3. The van der Waals surface area contributed by atoms with Crippen molar-refractivity contribution in [3.63, 3.8) is 0 Å². The molecule has 0 amide bonds. The lowest BCUT2D eigenvalue weighted by Gasteiger charge is -2.49. The van der Waals surface area contributed by atoms with Crippen molar-refractivity contribution >= 4 is 0 Å². The van der Waals surface area contributed by atoms with E-state index in [9.17, 15) is 5.11 Å². The monoisotopic (exact) mass is 242 g/mol. The first-order valence-electron chi connectivity index (χ1n) is 6.72. The molecule has 3 atom stereocenters. The summed E-state index contributed by atoms with van der Waals surface area (Å²) >= 11 is 0. The Bertz CT molecular complexity index is 272. The topological polar surface area (TPSA) is 35.9 Å². The summed E-state index contributed by atoms with van der Waals surface area (Å²) in [5, 5.41) is 10.1. The summed E-state index contributed by atoms with van der Waals surface area (Å²) in [5.74, 6) is 0. The average Bonchev–Trinajstić information content (AvgIpc) is 2.59. The molecule has 0 aromatic rings. The third-order valence-electron chi connectivity index (χ3n) is 4.43. The van der Waals surface area contributed by atoms with Gasteiger partial charge in [-0.2, -0.15) is 0 Å². The van der Waals surface area contributed by atoms with Gasteiger partial charge in [-0.05, 0) is 27.7 Å². The molecule has 0 spiro atoms. The van der Waals surface area contributed by atoms with Crippen LogP contribution in [0.2, 0.25) is 0 Å². The Kier molecular flexibility index (Phi) is 3.78. The minimum atomic E-state index is -0.351. The molecule has 0 unspecified atom stereocenters. The van der Waals surface area contributed by atoms with Crippen LogP contribution in [0.15, 0.2) is 0 Å². The Morgan fingerprint density at radius 1 is 1.35 bits per heavy atom. The lowest BCUT2D eigenvalue weighted by molar-refractivity contribution is -0.0506. The van der Waals surface area contributed by atoms with Crippen molar-refractivity contribution in [3.8, 4) is 0 Å². The Balaban J connectivity index is 2.04. The zero-order chi connectivity index (χ0) is 12.6. The molecule has 2 aliphatic heterocycles. The predicted octanol–water partition coefficient (Wildman–Crippen LogP) is 0.551. The van der Waals surface area contributed by atoms with Crippen LogP contribution in [0, 0.1) is 0 Å². The van der Waals surface area contributed by atoms with Gasteiger partial charge >= 0.3 is 0 Å². The lowest BCUT2D eigenvalue weighted by atomic mass is 9.92. The second-order valence-corrected chi connectivity index (χ2v) is 6.02. The van der Waals surface area contributed by atoms with Gasteiger partial charge in [-0.3, -0.25) is 9.80 Å². The van der Waals surface area contributed by atoms with Crippen LogP contribution in [-0.2, 0) is 4.74 Å². The zero-order valence-corrected chi connectivity index (χ0v) is 11.5. The number of nitrogens with zero attached hydrogens (tertiary/aromatic N) is 2. The molecule has 0 aromatic carbocycles. The Morgan fingerprint density at radius 2 is 2.06 bits per heavy atom. The van der Waals surface area contributed by atoms with Gasteiger partial charge in [0.25, 0.3) is 0 Å². The lowest BCUT2D eigenvalue weighted by Crippen LogP contribution is -2.64. The number of ether oxygens (including phenoxy) is 1. The van der Waals surface area contributed by atoms with Gasteiger partial charge in [-0.1, -0.05) is 0 Å². The number of aliphatic hydroxyl groups is 1. The van der Waals surface area contributed by atoms with Gasteiger partial charge in [0.2, 0.25) is 0 Å². The van der Waals surface area contributed by atoms with Gasteiger partial charge in [-0.15, -0.1) is 0 Å². The Labute approximate surface area is 105 Å². The number of aliphatic hydroxyl groups excluding tert-OH is 1. The molecule has 100 valence electrons. The van der Waals surface area contributed by atoms with Crippen molar-refractivity contribution in [1.29, 1.82) is 0 Å². The van der Waals surface area contributed by atoms with Crippen molar-refractivity contribution in [2.24, 2.45) is 0 Å². The van der Waals surface area contributed by atoms with Crippen LogP contribution < -0.4 is 0 Å². The van der Waals surface area contributed by atoms with Crippen molar-refractivity contribution in [2.45, 2.75) is 51.4 Å². The summed E-state index contributed by atoms with van der Waals surface area (Å²) in [6, 6.07) is 1.09. The predicted molar refractivity (Wildman–Crippen MR) is 68.1 cm³/mol. The van der Waals surface area contributed by atoms with Crippen LogP contribution in [-0.4, -0.2) is 71.5 Å². The minimum absolute atomic E-state index is 0.192. The molecule has 0 aromatic heterocycles. The van der Waals surface area contributed by atoms with Crippen LogP contribution >= 0.6 is 0 Å². The molecule has 1 N–H and O–H groups in total. The Morgan fingerprint density at radius 3 is 2.53 bits per heavy atom. The minimum Gasteiger partial charge on any atom is -0.389 e. The standard InChI is InChI=1S/C13H26N2O2/c1-10(2)14-5-6-15(11(3)7-14)13(4)9-17-8-12(13)16/h10-12,16H,5-9H2,1-4H3/t11-,12+,13-/m1/s1. The van der Waals surface area contributed by atoms with E-state index in [-0.39, 0.29) is 11.6 Å². The largest absolute Gasteiger partial charge is 0.389 e. The average molecular weight is 242 g/mol. The smallest absolute Gasteiger partial charge is 0.0976 e. The summed E-state index contributed by atoms with van der Waals surface area (Å²) in [7, 11) is 0. The van der Waals surface area contributed by atoms with E-state index in [1.807, 2.05) is 0 Å². The van der Waals surface area contributed by atoms with Crippen LogP contribution in [0.25, 0.3) is 0 Å². The van der Waals surface area contributed by atoms with Gasteiger partial charge in [-0.25, -0.2) is 0 Å². The van der Waals surface area contributed by atoms with Gasteiger partial charge in [0.05, 0.1) is 24.9 Å². The van der Waals surface area contributed by atoms with E-state index in [1.165, 1.54) is 0 Å². The fourth-order valence-corrected chi connectivity index (χ4v) is 3.14. The fraction of sp³-hybridized carbons (Fsp3) is 1.00. The number of hydrogen-bond acceptors (Lipinski definition) is 4. The molecule has 0 aliphatic carbocycles. The van der Waals surface area contributed by atoms with Gasteiger partial charge < -0.3 is 9.84 Å². The highest BCUT2D eigenvalue weighted by Crippen LogP contribution is 2.30. The van der Waals surface area contributed by atoms with Crippen molar-refractivity contribution in [1.82, 2.24) is 9.80 Å². The molecule has 2 fully saturated rings. The second-order valence-electron chi connectivity index (χ2n) is 6.02. The third kappa shape index (κ3) is 2.36. The highest BCUT2D eigenvalue weighted by Gasteiger charge is 2.46. The molecule has 2 heterocycles. The van der Waals surface area contributed by atoms with E-state index < -0.39 is 0 Å². The van der Waals surface area contributed by atoms with E-state index in [0.717, 1.165) is 19.6 Å². The van der Waals surface area contributed by atoms with Gasteiger partial charge in [0.1, 0.15) is 0 Å². The van der Waals surface area contributed by atoms with Crippen molar-refractivity contribution in [2.75, 3.05) is 32.8 Å². The van der Waals surface area contributed by atoms with E-state index in [0.29, 0.717) is 25.3 Å². The van der Waals surface area contributed by atoms with E-state index in [1.54, 1.807) is 0 Å². The van der Waals surface area contributed by atoms with E-state index >= 15 is 0 Å². The third-order valence-corrected chi connectivity index (χ3v) is 4.43. The summed E-state index contributed by atoms with van der Waals surface area (Å²) in [6.07, 6.45) is -0.351. The molecule has 4 nitrogen and oxygen atoms in total. The maximum absolute atomic E-state index is 10.1. The molecule has 2 rings (SSSR count). The summed E-state index contributed by atoms with van der Waals surface area (Å²) < 4.78 is 5.44. The van der Waals surface area contributed by atoms with Crippen molar-refractivity contribution < 1.29 is 9.84 Å². The summed E-state index contributed by atoms with van der Waals surface area (Å²) in [5.41, 5.74) is -0.192. The molecule has 0 bridgehead atoms. The maximum Gasteiger partial charge on any atom is 0.0976 e. The number of hydrogen-bond donors (Lipinski definition) is 1. The molecule has 17 heavy (non-hydrogen) atoms. The first kappa shape index (κ1) is 13.3. The first-order chi connectivity index (χ1) is 7.95. The second kappa shape index (κ2) is 4.84. The zero-order valence-electron chi connectivity index (χ0n) is 11.5. The number of piperazine rings is 1. The van der Waals surface area contributed by atoms with Crippen LogP contribution in [0.1, 0.15) is 27.7 Å². The molecule has 0 saturated carbocycles. The van der Waals surface area contributed by atoms with E-state index in [4.69, 9.17) is 4.74 Å². The Hall–Kier alpha value is -0.160. The van der Waals surface area contributed by atoms with Crippen molar-refractivity contribution in [3.05, 3.63) is 0 Å². The number of rotatable bonds is 2.